The quantitative estimate of drug-likeness (QED) is 0.759. The highest BCUT2D eigenvalue weighted by atomic mass is 35.5. The molecule has 1 aliphatic rings. The lowest BCUT2D eigenvalue weighted by Gasteiger charge is -2.28. The number of amides is 1. The predicted octanol–water partition coefficient (Wildman–Crippen LogP) is 2.86. The maximum atomic E-state index is 12.0. The smallest absolute Gasteiger partial charge is 0.254 e. The first kappa shape index (κ1) is 17.3. The molecule has 132 valence electrons. The number of hydrogen-bond acceptors (Lipinski definition) is 5. The van der Waals surface area contributed by atoms with E-state index in [1.165, 1.54) is 0 Å². The van der Waals surface area contributed by atoms with Gasteiger partial charge in [-0.15, -0.1) is 0 Å². The van der Waals surface area contributed by atoms with Gasteiger partial charge in [-0.05, 0) is 25.8 Å². The molecule has 0 aromatic carbocycles. The van der Waals surface area contributed by atoms with E-state index in [0.29, 0.717) is 28.2 Å². The molecule has 0 bridgehead atoms. The third-order valence-electron chi connectivity index (χ3n) is 4.81. The number of hydrogen-bond donors (Lipinski definition) is 3. The molecule has 25 heavy (non-hydrogen) atoms. The van der Waals surface area contributed by atoms with Crippen LogP contribution in [0.4, 0.5) is 5.82 Å². The lowest BCUT2D eigenvalue weighted by molar-refractivity contribution is 0.100. The molecule has 3 rings (SSSR count). The van der Waals surface area contributed by atoms with Crippen molar-refractivity contribution in [2.75, 3.05) is 5.73 Å². The summed E-state index contributed by atoms with van der Waals surface area (Å²) in [5.41, 5.74) is 14.6. The Morgan fingerprint density at radius 2 is 1.88 bits per heavy atom. The van der Waals surface area contributed by atoms with Crippen LogP contribution in [0.5, 0.6) is 0 Å². The molecular formula is C17H20ClN5O2. The molecule has 0 fully saturated rings. The number of nitrogen functional groups attached to an aromatic ring is 1. The minimum absolute atomic E-state index is 0.0193. The van der Waals surface area contributed by atoms with Crippen molar-refractivity contribution >= 4 is 40.2 Å². The molecule has 5 N–H and O–H groups in total. The van der Waals surface area contributed by atoms with Gasteiger partial charge in [-0.2, -0.15) is 0 Å². The summed E-state index contributed by atoms with van der Waals surface area (Å²) in [6.07, 6.45) is 1.69. The molecule has 8 heteroatoms. The zero-order valence-corrected chi connectivity index (χ0v) is 15.2. The van der Waals surface area contributed by atoms with Crippen LogP contribution < -0.4 is 11.5 Å². The summed E-state index contributed by atoms with van der Waals surface area (Å²) in [5, 5.41) is 10.3. The van der Waals surface area contributed by atoms with Gasteiger partial charge in [-0.3, -0.25) is 9.36 Å². The number of fused-ring (bicyclic) bond motifs is 1. The SMILES string of the molecule is Cc1nc2c(C(N)=O)c(N)n(C3=C(Cl)C(O)=CC(C)[C@H]3C)c2nc1C. The third-order valence-corrected chi connectivity index (χ3v) is 5.20. The van der Waals surface area contributed by atoms with Crippen molar-refractivity contribution in [3.05, 3.63) is 33.8 Å². The summed E-state index contributed by atoms with van der Waals surface area (Å²) in [5.74, 6) is -0.640. The second kappa shape index (κ2) is 5.77. The van der Waals surface area contributed by atoms with E-state index >= 15 is 0 Å². The summed E-state index contributed by atoms with van der Waals surface area (Å²) in [6.45, 7) is 7.54. The summed E-state index contributed by atoms with van der Waals surface area (Å²) in [6, 6.07) is 0. The summed E-state index contributed by atoms with van der Waals surface area (Å²) in [7, 11) is 0. The third kappa shape index (κ3) is 2.46. The monoisotopic (exact) mass is 361 g/mol. The lowest BCUT2D eigenvalue weighted by Crippen LogP contribution is -2.21. The molecule has 1 aliphatic carbocycles. The van der Waals surface area contributed by atoms with Crippen molar-refractivity contribution in [3.63, 3.8) is 0 Å². The average molecular weight is 362 g/mol. The number of carbonyl (C=O) groups excluding carboxylic acids is 1. The standard InChI is InChI=1S/C17H20ClN5O2/c1-6-5-10(24)12(18)14(7(6)2)23-15(19)11(16(20)25)13-17(23)22-9(4)8(3)21-13/h5-7,24H,19H2,1-4H3,(H2,20,25)/t6?,7-/m1/s1. The van der Waals surface area contributed by atoms with E-state index in [9.17, 15) is 9.90 Å². The van der Waals surface area contributed by atoms with Crippen LogP contribution in [0.1, 0.15) is 35.6 Å². The highest BCUT2D eigenvalue weighted by molar-refractivity contribution is 6.34. The van der Waals surface area contributed by atoms with Crippen molar-refractivity contribution in [2.45, 2.75) is 27.7 Å². The Balaban J connectivity index is 2.47. The Kier molecular flexibility index (Phi) is 3.99. The summed E-state index contributed by atoms with van der Waals surface area (Å²) < 4.78 is 1.58. The van der Waals surface area contributed by atoms with Crippen LogP contribution in [0.2, 0.25) is 0 Å². The topological polar surface area (TPSA) is 120 Å². The Morgan fingerprint density at radius 3 is 2.48 bits per heavy atom. The van der Waals surface area contributed by atoms with Crippen LogP contribution in [0, 0.1) is 25.7 Å². The number of aryl methyl sites for hydroxylation is 2. The zero-order chi connectivity index (χ0) is 18.6. The highest BCUT2D eigenvalue weighted by Gasteiger charge is 2.32. The Bertz CT molecular complexity index is 973. The number of halogens is 1. The zero-order valence-electron chi connectivity index (χ0n) is 14.5. The van der Waals surface area contributed by atoms with E-state index in [0.717, 1.165) is 0 Å². The number of rotatable bonds is 2. The van der Waals surface area contributed by atoms with Gasteiger partial charge in [0, 0.05) is 5.92 Å². The molecule has 0 spiro atoms. The minimum Gasteiger partial charge on any atom is -0.507 e. The Morgan fingerprint density at radius 1 is 1.28 bits per heavy atom. The van der Waals surface area contributed by atoms with Crippen molar-refractivity contribution in [1.82, 2.24) is 14.5 Å². The molecule has 2 aromatic heterocycles. The first-order chi connectivity index (χ1) is 11.6. The van der Waals surface area contributed by atoms with Gasteiger partial charge < -0.3 is 16.6 Å². The van der Waals surface area contributed by atoms with Crippen LogP contribution in [0.15, 0.2) is 16.9 Å². The van der Waals surface area contributed by atoms with E-state index in [1.54, 1.807) is 17.6 Å². The molecule has 2 aromatic rings. The van der Waals surface area contributed by atoms with E-state index in [4.69, 9.17) is 23.1 Å². The maximum Gasteiger partial charge on any atom is 0.254 e. The van der Waals surface area contributed by atoms with E-state index in [-0.39, 0.29) is 34.0 Å². The number of primary amides is 1. The van der Waals surface area contributed by atoms with Gasteiger partial charge in [0.15, 0.2) is 5.65 Å². The lowest BCUT2D eigenvalue weighted by atomic mass is 9.87. The molecule has 0 radical (unpaired) electrons. The van der Waals surface area contributed by atoms with Crippen LogP contribution in [-0.2, 0) is 0 Å². The summed E-state index contributed by atoms with van der Waals surface area (Å²) in [4.78, 5) is 21.0. The molecule has 0 aliphatic heterocycles. The van der Waals surface area contributed by atoms with Crippen molar-refractivity contribution in [2.24, 2.45) is 17.6 Å². The first-order valence-corrected chi connectivity index (χ1v) is 8.29. The number of anilines is 1. The van der Waals surface area contributed by atoms with Gasteiger partial charge in [0.2, 0.25) is 0 Å². The van der Waals surface area contributed by atoms with Gasteiger partial charge in [0.25, 0.3) is 5.91 Å². The second-order valence-corrected chi connectivity index (χ2v) is 6.80. The van der Waals surface area contributed by atoms with Crippen LogP contribution in [0.25, 0.3) is 16.9 Å². The molecule has 2 atom stereocenters. The van der Waals surface area contributed by atoms with Gasteiger partial charge in [-0.1, -0.05) is 25.4 Å². The van der Waals surface area contributed by atoms with E-state index in [1.807, 2.05) is 20.8 Å². The number of allylic oxidation sites excluding steroid dienone is 3. The fraction of sp³-hybridized carbons (Fsp3) is 0.353. The normalized spacial score (nSPS) is 20.9. The highest BCUT2D eigenvalue weighted by Crippen LogP contribution is 2.41. The fourth-order valence-electron chi connectivity index (χ4n) is 3.10. The van der Waals surface area contributed by atoms with E-state index in [2.05, 4.69) is 9.97 Å². The maximum absolute atomic E-state index is 12.0. The van der Waals surface area contributed by atoms with Crippen molar-refractivity contribution in [1.29, 1.82) is 0 Å². The molecule has 2 heterocycles. The van der Waals surface area contributed by atoms with Gasteiger partial charge in [-0.25, -0.2) is 9.97 Å². The Hall–Kier alpha value is -2.54. The van der Waals surface area contributed by atoms with E-state index < -0.39 is 5.91 Å². The molecule has 0 saturated carbocycles. The minimum atomic E-state index is -0.688. The van der Waals surface area contributed by atoms with Gasteiger partial charge >= 0.3 is 0 Å². The first-order valence-electron chi connectivity index (χ1n) is 7.91. The molecule has 1 unspecified atom stereocenters. The largest absolute Gasteiger partial charge is 0.507 e. The van der Waals surface area contributed by atoms with Crippen LogP contribution in [0.3, 0.4) is 0 Å². The second-order valence-electron chi connectivity index (χ2n) is 6.43. The number of aliphatic hydroxyl groups is 1. The molecule has 7 nitrogen and oxygen atoms in total. The van der Waals surface area contributed by atoms with Crippen molar-refractivity contribution in [3.8, 4) is 0 Å². The fourth-order valence-corrected chi connectivity index (χ4v) is 3.42. The van der Waals surface area contributed by atoms with Gasteiger partial charge in [0.1, 0.15) is 27.7 Å². The van der Waals surface area contributed by atoms with Gasteiger partial charge in [0.05, 0.1) is 17.1 Å². The molecule has 1 amide bonds. The number of nitrogens with zero attached hydrogens (tertiary/aromatic N) is 3. The number of aromatic nitrogens is 3. The molecular weight excluding hydrogens is 342 g/mol. The summed E-state index contributed by atoms with van der Waals surface area (Å²) >= 11 is 6.38. The van der Waals surface area contributed by atoms with Crippen molar-refractivity contribution < 1.29 is 9.90 Å². The van der Waals surface area contributed by atoms with Crippen LogP contribution >= 0.6 is 11.6 Å². The predicted molar refractivity (Wildman–Crippen MR) is 98.0 cm³/mol. The molecule has 0 saturated heterocycles. The Labute approximate surface area is 150 Å². The average Bonchev–Trinajstić information content (AvgIpc) is 2.78. The van der Waals surface area contributed by atoms with Crippen LogP contribution in [-0.4, -0.2) is 25.5 Å². The number of carbonyl (C=O) groups is 1. The number of aliphatic hydroxyl groups excluding tert-OH is 1. The number of nitrogens with two attached hydrogens (primary N) is 2.